The zero-order chi connectivity index (χ0) is 12.3. The number of phenols is 1. The van der Waals surface area contributed by atoms with Gasteiger partial charge in [-0.15, -0.1) is 0 Å². The highest BCUT2D eigenvalue weighted by Crippen LogP contribution is 2.24. The molecule has 2 aromatic rings. The summed E-state index contributed by atoms with van der Waals surface area (Å²) >= 11 is 0. The Bertz CT molecular complexity index is 511. The minimum Gasteiger partial charge on any atom is -0.508 e. The number of methoxy groups -OCH3 is 1. The highest BCUT2D eigenvalue weighted by molar-refractivity contribution is 5.61. The number of benzene rings is 2. The number of halogens is 1. The van der Waals surface area contributed by atoms with Crippen LogP contribution < -0.4 is 10.1 Å². The number of hydrogen-bond donors (Lipinski definition) is 2. The van der Waals surface area contributed by atoms with E-state index in [-0.39, 0.29) is 11.5 Å². The topological polar surface area (TPSA) is 41.5 Å². The summed E-state index contributed by atoms with van der Waals surface area (Å²) in [4.78, 5) is 0. The van der Waals surface area contributed by atoms with Crippen LogP contribution in [0.15, 0.2) is 42.5 Å². The van der Waals surface area contributed by atoms with Crippen LogP contribution in [-0.4, -0.2) is 12.2 Å². The van der Waals surface area contributed by atoms with Crippen LogP contribution in [0.2, 0.25) is 0 Å². The number of aromatic hydroxyl groups is 1. The van der Waals surface area contributed by atoms with Gasteiger partial charge in [0.25, 0.3) is 0 Å². The molecule has 0 fully saturated rings. The third-order valence-corrected chi connectivity index (χ3v) is 2.31. The number of anilines is 2. The number of ether oxygens (including phenoxy) is 1. The van der Waals surface area contributed by atoms with Gasteiger partial charge in [-0.2, -0.15) is 0 Å². The molecule has 0 saturated carbocycles. The van der Waals surface area contributed by atoms with Crippen molar-refractivity contribution in [2.24, 2.45) is 0 Å². The molecule has 0 spiro atoms. The third-order valence-electron chi connectivity index (χ3n) is 2.31. The number of hydrogen-bond acceptors (Lipinski definition) is 3. The second-order valence-corrected chi connectivity index (χ2v) is 3.52. The number of rotatable bonds is 3. The average molecular weight is 233 g/mol. The minimum atomic E-state index is -0.420. The van der Waals surface area contributed by atoms with E-state index in [0.717, 1.165) is 5.69 Å². The second-order valence-electron chi connectivity index (χ2n) is 3.52. The van der Waals surface area contributed by atoms with Crippen molar-refractivity contribution >= 4 is 11.4 Å². The molecule has 2 rings (SSSR count). The molecule has 0 saturated heterocycles. The minimum absolute atomic E-state index is 0.191. The summed E-state index contributed by atoms with van der Waals surface area (Å²) in [5.74, 6) is -0.0194. The highest BCUT2D eigenvalue weighted by Gasteiger charge is 2.03. The van der Waals surface area contributed by atoms with Gasteiger partial charge in [0.15, 0.2) is 11.6 Å². The van der Waals surface area contributed by atoms with E-state index in [1.165, 1.54) is 13.2 Å². The molecule has 3 nitrogen and oxygen atoms in total. The summed E-state index contributed by atoms with van der Waals surface area (Å²) in [6.45, 7) is 0. The van der Waals surface area contributed by atoms with Crippen molar-refractivity contribution in [1.29, 1.82) is 0 Å². The molecule has 0 bridgehead atoms. The molecule has 88 valence electrons. The first kappa shape index (κ1) is 11.3. The van der Waals surface area contributed by atoms with Crippen LogP contribution >= 0.6 is 0 Å². The predicted molar refractivity (Wildman–Crippen MR) is 64.3 cm³/mol. The van der Waals surface area contributed by atoms with Gasteiger partial charge < -0.3 is 15.2 Å². The molecule has 0 radical (unpaired) electrons. The molecule has 4 heteroatoms. The maximum atomic E-state index is 13.4. The summed E-state index contributed by atoms with van der Waals surface area (Å²) in [5, 5.41) is 12.1. The first-order valence-electron chi connectivity index (χ1n) is 5.08. The van der Waals surface area contributed by atoms with Crippen molar-refractivity contribution in [2.75, 3.05) is 12.4 Å². The van der Waals surface area contributed by atoms with Crippen molar-refractivity contribution < 1.29 is 14.2 Å². The lowest BCUT2D eigenvalue weighted by Gasteiger charge is -2.08. The Morgan fingerprint density at radius 1 is 1.06 bits per heavy atom. The lowest BCUT2D eigenvalue weighted by atomic mass is 10.2. The Morgan fingerprint density at radius 3 is 2.29 bits per heavy atom. The second kappa shape index (κ2) is 4.74. The first-order valence-corrected chi connectivity index (χ1v) is 5.08. The molecular formula is C13H12FNO2. The van der Waals surface area contributed by atoms with E-state index in [2.05, 4.69) is 5.32 Å². The monoisotopic (exact) mass is 233 g/mol. The Kier molecular flexibility index (Phi) is 3.14. The fourth-order valence-corrected chi connectivity index (χ4v) is 1.46. The molecule has 0 unspecified atom stereocenters. The number of nitrogens with one attached hydrogen (secondary N) is 1. The summed E-state index contributed by atoms with van der Waals surface area (Å²) in [6.07, 6.45) is 0. The molecule has 0 aliphatic heterocycles. The Hall–Kier alpha value is -2.23. The molecular weight excluding hydrogens is 221 g/mol. The van der Waals surface area contributed by atoms with Crippen LogP contribution in [0.4, 0.5) is 15.8 Å². The standard InChI is InChI=1S/C13H12FNO2/c1-17-13-7-4-10(8-12(13)14)15-9-2-5-11(16)6-3-9/h2-8,15-16H,1H3. The molecule has 2 N–H and O–H groups in total. The van der Waals surface area contributed by atoms with Gasteiger partial charge in [-0.1, -0.05) is 0 Å². The predicted octanol–water partition coefficient (Wildman–Crippen LogP) is 3.28. The van der Waals surface area contributed by atoms with Crippen LogP contribution in [0, 0.1) is 5.82 Å². The van der Waals surface area contributed by atoms with E-state index in [9.17, 15) is 4.39 Å². The van der Waals surface area contributed by atoms with E-state index >= 15 is 0 Å². The maximum Gasteiger partial charge on any atom is 0.167 e. The van der Waals surface area contributed by atoms with E-state index in [0.29, 0.717) is 5.69 Å². The van der Waals surface area contributed by atoms with Crippen LogP contribution in [0.25, 0.3) is 0 Å². The molecule has 17 heavy (non-hydrogen) atoms. The van der Waals surface area contributed by atoms with Crippen molar-refractivity contribution in [3.8, 4) is 11.5 Å². The Labute approximate surface area is 98.5 Å². The van der Waals surface area contributed by atoms with Crippen molar-refractivity contribution in [3.05, 3.63) is 48.3 Å². The zero-order valence-electron chi connectivity index (χ0n) is 9.27. The quantitative estimate of drug-likeness (QED) is 0.799. The van der Waals surface area contributed by atoms with E-state index in [4.69, 9.17) is 9.84 Å². The molecule has 0 atom stereocenters. The summed E-state index contributed by atoms with van der Waals surface area (Å²) in [6, 6.07) is 11.2. The van der Waals surface area contributed by atoms with E-state index in [1.807, 2.05) is 0 Å². The fourth-order valence-electron chi connectivity index (χ4n) is 1.46. The molecule has 0 heterocycles. The molecule has 0 aliphatic rings. The lowest BCUT2D eigenvalue weighted by molar-refractivity contribution is 0.386. The SMILES string of the molecule is COc1ccc(Nc2ccc(O)cc2)cc1F. The smallest absolute Gasteiger partial charge is 0.167 e. The summed E-state index contributed by atoms with van der Waals surface area (Å²) in [7, 11) is 1.42. The third kappa shape index (κ3) is 2.66. The average Bonchev–Trinajstić information content (AvgIpc) is 2.32. The summed E-state index contributed by atoms with van der Waals surface area (Å²) < 4.78 is 18.2. The van der Waals surface area contributed by atoms with Gasteiger partial charge in [-0.3, -0.25) is 0 Å². The normalized spacial score (nSPS) is 10.0. The fraction of sp³-hybridized carbons (Fsp3) is 0.0769. The molecule has 2 aromatic carbocycles. The Morgan fingerprint density at radius 2 is 1.71 bits per heavy atom. The van der Waals surface area contributed by atoms with Gasteiger partial charge in [0.2, 0.25) is 0 Å². The van der Waals surface area contributed by atoms with Crippen LogP contribution in [0.3, 0.4) is 0 Å². The van der Waals surface area contributed by atoms with Gasteiger partial charge >= 0.3 is 0 Å². The Balaban J connectivity index is 2.19. The molecule has 0 aromatic heterocycles. The van der Waals surface area contributed by atoms with Crippen molar-refractivity contribution in [1.82, 2.24) is 0 Å². The van der Waals surface area contributed by atoms with Gasteiger partial charge in [-0.25, -0.2) is 4.39 Å². The summed E-state index contributed by atoms with van der Waals surface area (Å²) in [5.41, 5.74) is 1.39. The van der Waals surface area contributed by atoms with E-state index in [1.54, 1.807) is 36.4 Å². The highest BCUT2D eigenvalue weighted by atomic mass is 19.1. The van der Waals surface area contributed by atoms with Gasteiger partial charge in [-0.05, 0) is 36.4 Å². The molecule has 0 aliphatic carbocycles. The van der Waals surface area contributed by atoms with Gasteiger partial charge in [0.1, 0.15) is 5.75 Å². The maximum absolute atomic E-state index is 13.4. The lowest BCUT2D eigenvalue weighted by Crippen LogP contribution is -1.93. The van der Waals surface area contributed by atoms with Crippen molar-refractivity contribution in [2.45, 2.75) is 0 Å². The van der Waals surface area contributed by atoms with Gasteiger partial charge in [0, 0.05) is 17.4 Å². The number of phenolic OH excluding ortho intramolecular Hbond substituents is 1. The van der Waals surface area contributed by atoms with Crippen molar-refractivity contribution in [3.63, 3.8) is 0 Å². The van der Waals surface area contributed by atoms with Crippen LogP contribution in [0.1, 0.15) is 0 Å². The van der Waals surface area contributed by atoms with Crippen LogP contribution in [0.5, 0.6) is 11.5 Å². The van der Waals surface area contributed by atoms with Gasteiger partial charge in [0.05, 0.1) is 7.11 Å². The largest absolute Gasteiger partial charge is 0.508 e. The first-order chi connectivity index (χ1) is 8.19. The van der Waals surface area contributed by atoms with Crippen LogP contribution in [-0.2, 0) is 0 Å². The van der Waals surface area contributed by atoms with E-state index < -0.39 is 5.82 Å². The zero-order valence-corrected chi connectivity index (χ0v) is 9.27. The molecule has 0 amide bonds.